The summed E-state index contributed by atoms with van der Waals surface area (Å²) < 4.78 is 1.44. The first-order valence-electron chi connectivity index (χ1n) is 5.66. The van der Waals surface area contributed by atoms with E-state index in [0.717, 1.165) is 5.56 Å². The van der Waals surface area contributed by atoms with Crippen molar-refractivity contribution in [3.05, 3.63) is 42.5 Å². The summed E-state index contributed by atoms with van der Waals surface area (Å²) in [7, 11) is 0. The second-order valence-electron chi connectivity index (χ2n) is 4.02. The summed E-state index contributed by atoms with van der Waals surface area (Å²) in [6, 6.07) is 7.86. The number of benzene rings is 1. The number of nitrogens with zero attached hydrogens (tertiary/aromatic N) is 6. The second kappa shape index (κ2) is 4.45. The molecule has 0 aliphatic heterocycles. The fraction of sp³-hybridized carbons (Fsp3) is 0.0833. The first-order chi connectivity index (χ1) is 9.22. The van der Waals surface area contributed by atoms with Gasteiger partial charge in [-0.25, -0.2) is 4.98 Å². The molecule has 0 atom stereocenters. The third-order valence-corrected chi connectivity index (χ3v) is 2.57. The standard InChI is InChI=1S/C12H11N7/c1-8-2-4-9(5-3-8)10-16-11(13)18-12(17-10)19-7-14-6-15-19/h2-7H,1H3,(H2,13,16,17,18). The van der Waals surface area contributed by atoms with Gasteiger partial charge >= 0.3 is 0 Å². The lowest BCUT2D eigenvalue weighted by Crippen LogP contribution is -2.08. The highest BCUT2D eigenvalue weighted by atomic mass is 15.4. The molecule has 0 radical (unpaired) electrons. The number of rotatable bonds is 2. The summed E-state index contributed by atoms with van der Waals surface area (Å²) in [5.41, 5.74) is 7.75. The van der Waals surface area contributed by atoms with E-state index < -0.39 is 0 Å². The van der Waals surface area contributed by atoms with Crippen LogP contribution in [0.4, 0.5) is 5.95 Å². The van der Waals surface area contributed by atoms with Gasteiger partial charge in [-0.2, -0.15) is 24.7 Å². The topological polar surface area (TPSA) is 95.4 Å². The largest absolute Gasteiger partial charge is 0.368 e. The molecular formula is C12H11N7. The molecular weight excluding hydrogens is 242 g/mol. The van der Waals surface area contributed by atoms with E-state index in [-0.39, 0.29) is 5.95 Å². The van der Waals surface area contributed by atoms with Crippen molar-refractivity contribution in [1.82, 2.24) is 29.7 Å². The van der Waals surface area contributed by atoms with Crippen LogP contribution in [0.1, 0.15) is 5.56 Å². The average molecular weight is 253 g/mol. The van der Waals surface area contributed by atoms with Crippen LogP contribution in [0.15, 0.2) is 36.9 Å². The Balaban J connectivity index is 2.10. The molecule has 2 aromatic heterocycles. The maximum absolute atomic E-state index is 5.71. The van der Waals surface area contributed by atoms with Gasteiger partial charge in [0.05, 0.1) is 0 Å². The zero-order chi connectivity index (χ0) is 13.2. The summed E-state index contributed by atoms with van der Waals surface area (Å²) in [6.07, 6.45) is 2.92. The Labute approximate surface area is 109 Å². The van der Waals surface area contributed by atoms with E-state index in [0.29, 0.717) is 11.8 Å². The van der Waals surface area contributed by atoms with Crippen molar-refractivity contribution >= 4 is 5.95 Å². The van der Waals surface area contributed by atoms with Crippen molar-refractivity contribution in [2.24, 2.45) is 0 Å². The molecule has 0 aliphatic rings. The van der Waals surface area contributed by atoms with Crippen LogP contribution < -0.4 is 5.73 Å². The van der Waals surface area contributed by atoms with Crippen LogP contribution in [0.3, 0.4) is 0 Å². The normalized spacial score (nSPS) is 10.6. The lowest BCUT2D eigenvalue weighted by Gasteiger charge is -2.04. The Kier molecular flexibility index (Phi) is 2.64. The molecule has 1 aromatic carbocycles. The lowest BCUT2D eigenvalue weighted by molar-refractivity contribution is 0.800. The Morgan fingerprint density at radius 1 is 1.05 bits per heavy atom. The minimum atomic E-state index is 0.149. The number of aromatic nitrogens is 6. The molecule has 0 saturated carbocycles. The van der Waals surface area contributed by atoms with Crippen molar-refractivity contribution in [3.63, 3.8) is 0 Å². The van der Waals surface area contributed by atoms with Crippen LogP contribution in [-0.4, -0.2) is 29.7 Å². The van der Waals surface area contributed by atoms with Gasteiger partial charge in [0.25, 0.3) is 5.95 Å². The van der Waals surface area contributed by atoms with Gasteiger partial charge in [0.15, 0.2) is 5.82 Å². The quantitative estimate of drug-likeness (QED) is 0.732. The van der Waals surface area contributed by atoms with Gasteiger partial charge < -0.3 is 5.73 Å². The highest BCUT2D eigenvalue weighted by Gasteiger charge is 2.08. The van der Waals surface area contributed by atoms with E-state index in [1.807, 2.05) is 31.2 Å². The third kappa shape index (κ3) is 2.25. The van der Waals surface area contributed by atoms with Crippen LogP contribution >= 0.6 is 0 Å². The van der Waals surface area contributed by atoms with Crippen molar-refractivity contribution in [2.45, 2.75) is 6.92 Å². The number of hydrogen-bond acceptors (Lipinski definition) is 6. The zero-order valence-corrected chi connectivity index (χ0v) is 10.2. The van der Waals surface area contributed by atoms with Gasteiger partial charge in [0.1, 0.15) is 12.7 Å². The average Bonchev–Trinajstić information content (AvgIpc) is 2.93. The molecule has 0 saturated heterocycles. The molecule has 0 amide bonds. The Morgan fingerprint density at radius 2 is 1.84 bits per heavy atom. The lowest BCUT2D eigenvalue weighted by atomic mass is 10.1. The number of aryl methyl sites for hydroxylation is 1. The third-order valence-electron chi connectivity index (χ3n) is 2.57. The molecule has 0 unspecified atom stereocenters. The van der Waals surface area contributed by atoms with E-state index >= 15 is 0 Å². The van der Waals surface area contributed by atoms with E-state index in [9.17, 15) is 0 Å². The van der Waals surface area contributed by atoms with Crippen LogP contribution in [0, 0.1) is 6.92 Å². The minimum absolute atomic E-state index is 0.149. The molecule has 0 aliphatic carbocycles. The summed E-state index contributed by atoms with van der Waals surface area (Å²) in [6.45, 7) is 2.02. The number of hydrogen-bond donors (Lipinski definition) is 1. The Morgan fingerprint density at radius 3 is 2.53 bits per heavy atom. The van der Waals surface area contributed by atoms with Gasteiger partial charge in [-0.3, -0.25) is 0 Å². The highest BCUT2D eigenvalue weighted by molar-refractivity contribution is 5.56. The van der Waals surface area contributed by atoms with E-state index in [1.54, 1.807) is 0 Å². The van der Waals surface area contributed by atoms with Crippen LogP contribution in [0.5, 0.6) is 0 Å². The molecule has 7 nitrogen and oxygen atoms in total. The maximum Gasteiger partial charge on any atom is 0.257 e. The molecule has 2 N–H and O–H groups in total. The van der Waals surface area contributed by atoms with E-state index in [4.69, 9.17) is 5.73 Å². The molecule has 0 bridgehead atoms. The Hall–Kier alpha value is -2.83. The summed E-state index contributed by atoms with van der Waals surface area (Å²) in [4.78, 5) is 16.4. The summed E-state index contributed by atoms with van der Waals surface area (Å²) >= 11 is 0. The van der Waals surface area contributed by atoms with Crippen molar-refractivity contribution < 1.29 is 0 Å². The molecule has 2 heterocycles. The van der Waals surface area contributed by atoms with Crippen LogP contribution in [0.2, 0.25) is 0 Å². The fourth-order valence-corrected chi connectivity index (χ4v) is 1.63. The minimum Gasteiger partial charge on any atom is -0.368 e. The van der Waals surface area contributed by atoms with E-state index in [2.05, 4.69) is 25.0 Å². The predicted molar refractivity (Wildman–Crippen MR) is 69.3 cm³/mol. The number of nitrogens with two attached hydrogens (primary N) is 1. The highest BCUT2D eigenvalue weighted by Crippen LogP contribution is 2.16. The first kappa shape index (κ1) is 11.3. The van der Waals surface area contributed by atoms with Crippen LogP contribution in [0.25, 0.3) is 17.3 Å². The molecule has 3 aromatic rings. The van der Waals surface area contributed by atoms with E-state index in [1.165, 1.54) is 22.9 Å². The molecule has 3 rings (SSSR count). The smallest absolute Gasteiger partial charge is 0.257 e. The van der Waals surface area contributed by atoms with Gasteiger partial charge in [-0.1, -0.05) is 29.8 Å². The van der Waals surface area contributed by atoms with Gasteiger partial charge in [0.2, 0.25) is 5.95 Å². The first-order valence-corrected chi connectivity index (χ1v) is 5.66. The predicted octanol–water partition coefficient (Wildman–Crippen LogP) is 1.01. The molecule has 19 heavy (non-hydrogen) atoms. The molecule has 0 fully saturated rings. The Bertz CT molecular complexity index is 689. The maximum atomic E-state index is 5.71. The zero-order valence-electron chi connectivity index (χ0n) is 10.2. The van der Waals surface area contributed by atoms with Crippen molar-refractivity contribution in [1.29, 1.82) is 0 Å². The fourth-order valence-electron chi connectivity index (χ4n) is 1.63. The van der Waals surface area contributed by atoms with Gasteiger partial charge in [-0.15, -0.1) is 0 Å². The molecule has 94 valence electrons. The van der Waals surface area contributed by atoms with Gasteiger partial charge in [-0.05, 0) is 6.92 Å². The second-order valence-corrected chi connectivity index (χ2v) is 4.02. The van der Waals surface area contributed by atoms with Crippen molar-refractivity contribution in [3.8, 4) is 17.3 Å². The van der Waals surface area contributed by atoms with Crippen LogP contribution in [-0.2, 0) is 0 Å². The molecule has 7 heteroatoms. The molecule has 0 spiro atoms. The summed E-state index contributed by atoms with van der Waals surface area (Å²) in [5.74, 6) is 1.01. The monoisotopic (exact) mass is 253 g/mol. The number of anilines is 1. The SMILES string of the molecule is Cc1ccc(-c2nc(N)nc(-n3cncn3)n2)cc1. The van der Waals surface area contributed by atoms with Crippen molar-refractivity contribution in [2.75, 3.05) is 5.73 Å². The summed E-state index contributed by atoms with van der Waals surface area (Å²) in [5, 5.41) is 3.97. The number of nitrogen functional groups attached to an aromatic ring is 1. The van der Waals surface area contributed by atoms with Gasteiger partial charge in [0, 0.05) is 5.56 Å².